The first-order chi connectivity index (χ1) is 12.8. The first-order valence-corrected chi connectivity index (χ1v) is 9.29. The zero-order valence-electron chi connectivity index (χ0n) is 14.8. The van der Waals surface area contributed by atoms with Crippen LogP contribution in [0.25, 0.3) is 11.0 Å². The minimum absolute atomic E-state index is 0.190. The average Bonchev–Trinajstić information content (AvgIpc) is 3.37. The van der Waals surface area contributed by atoms with E-state index in [1.54, 1.807) is 12.6 Å². The normalized spacial score (nSPS) is 13.2. The van der Waals surface area contributed by atoms with Gasteiger partial charge in [-0.15, -0.1) is 0 Å². The topological polar surface area (TPSA) is 70.2 Å². The highest BCUT2D eigenvalue weighted by molar-refractivity contribution is 5.87. The molecule has 0 unspecified atom stereocenters. The Kier molecular flexibility index (Phi) is 5.00. The molecule has 0 amide bonds. The summed E-state index contributed by atoms with van der Waals surface area (Å²) in [5.74, 6) is -0.190. The van der Waals surface area contributed by atoms with Crippen LogP contribution in [-0.2, 0) is 35.3 Å². The van der Waals surface area contributed by atoms with Gasteiger partial charge in [0.25, 0.3) is 0 Å². The van der Waals surface area contributed by atoms with Crippen molar-refractivity contribution in [2.45, 2.75) is 51.5 Å². The van der Waals surface area contributed by atoms with Crippen LogP contribution in [0.5, 0.6) is 0 Å². The number of ether oxygens (including phenoxy) is 1. The third kappa shape index (κ3) is 3.79. The van der Waals surface area contributed by atoms with E-state index < -0.39 is 0 Å². The van der Waals surface area contributed by atoms with Gasteiger partial charge in [0.05, 0.1) is 19.3 Å². The molecule has 0 N–H and O–H groups in total. The molecular weight excluding hydrogens is 330 g/mol. The Morgan fingerprint density at radius 3 is 2.92 bits per heavy atom. The molecule has 26 heavy (non-hydrogen) atoms. The zero-order chi connectivity index (χ0) is 17.8. The van der Waals surface area contributed by atoms with E-state index in [1.165, 1.54) is 23.9 Å². The average molecular weight is 353 g/mol. The van der Waals surface area contributed by atoms with Gasteiger partial charge < -0.3 is 9.15 Å². The summed E-state index contributed by atoms with van der Waals surface area (Å²) < 4.78 is 12.8. The first kappa shape index (κ1) is 16.8. The maximum atomic E-state index is 12.1. The number of esters is 1. The zero-order valence-corrected chi connectivity index (χ0v) is 14.8. The lowest BCUT2D eigenvalue weighted by Crippen LogP contribution is -2.09. The van der Waals surface area contributed by atoms with Crippen LogP contribution in [0.15, 0.2) is 35.5 Å². The van der Waals surface area contributed by atoms with Crippen LogP contribution < -0.4 is 0 Å². The summed E-state index contributed by atoms with van der Waals surface area (Å²) in [6.07, 6.45) is 11.5. The van der Waals surface area contributed by atoms with Crippen molar-refractivity contribution >= 4 is 16.9 Å². The number of aromatic nitrogens is 3. The highest BCUT2D eigenvalue weighted by Crippen LogP contribution is 2.30. The standard InChI is InChI=1S/C20H23N3O3/c24-20(25-8-3-1-2-7-23-14-21-13-22-23)11-17-12-26-19-10-16-6-4-5-15(16)9-18(17)19/h9-10,12-14H,1-8,11H2. The Balaban J connectivity index is 1.23. The molecule has 2 aromatic heterocycles. The van der Waals surface area contributed by atoms with Crippen molar-refractivity contribution in [1.29, 1.82) is 0 Å². The molecule has 0 saturated carbocycles. The van der Waals surface area contributed by atoms with Crippen molar-refractivity contribution < 1.29 is 13.9 Å². The minimum Gasteiger partial charge on any atom is -0.465 e. The first-order valence-electron chi connectivity index (χ1n) is 9.29. The summed E-state index contributed by atoms with van der Waals surface area (Å²) in [4.78, 5) is 16.0. The van der Waals surface area contributed by atoms with Gasteiger partial charge in [-0.2, -0.15) is 5.10 Å². The molecule has 136 valence electrons. The molecule has 0 saturated heterocycles. The summed E-state index contributed by atoms with van der Waals surface area (Å²) in [7, 11) is 0. The van der Waals surface area contributed by atoms with Crippen molar-refractivity contribution in [2.75, 3.05) is 6.61 Å². The lowest BCUT2D eigenvalue weighted by Gasteiger charge is -2.05. The number of aryl methyl sites for hydroxylation is 3. The summed E-state index contributed by atoms with van der Waals surface area (Å²) >= 11 is 0. The lowest BCUT2D eigenvalue weighted by atomic mass is 10.0. The molecule has 6 heteroatoms. The maximum Gasteiger partial charge on any atom is 0.310 e. The van der Waals surface area contributed by atoms with Crippen LogP contribution in [-0.4, -0.2) is 27.3 Å². The van der Waals surface area contributed by atoms with E-state index in [0.29, 0.717) is 6.61 Å². The number of unbranched alkanes of at least 4 members (excludes halogenated alkanes) is 2. The number of nitrogens with zero attached hydrogens (tertiary/aromatic N) is 3. The molecule has 4 rings (SSSR count). The summed E-state index contributed by atoms with van der Waals surface area (Å²) in [6, 6.07) is 4.32. The molecule has 1 aliphatic rings. The lowest BCUT2D eigenvalue weighted by molar-refractivity contribution is -0.142. The van der Waals surface area contributed by atoms with Crippen molar-refractivity contribution in [3.63, 3.8) is 0 Å². The van der Waals surface area contributed by atoms with Gasteiger partial charge in [-0.1, -0.05) is 0 Å². The predicted molar refractivity (Wildman–Crippen MR) is 96.8 cm³/mol. The van der Waals surface area contributed by atoms with Gasteiger partial charge in [0.15, 0.2) is 0 Å². The Hall–Kier alpha value is -2.63. The van der Waals surface area contributed by atoms with Gasteiger partial charge in [-0.05, 0) is 61.8 Å². The number of hydrogen-bond acceptors (Lipinski definition) is 5. The monoisotopic (exact) mass is 353 g/mol. The van der Waals surface area contributed by atoms with Crippen LogP contribution >= 0.6 is 0 Å². The molecule has 0 atom stereocenters. The molecular formula is C20H23N3O3. The SMILES string of the molecule is O=C(Cc1coc2cc3c(cc12)CCC3)OCCCCCn1cncn1. The van der Waals surface area contributed by atoms with E-state index in [2.05, 4.69) is 22.2 Å². The second-order valence-electron chi connectivity index (χ2n) is 6.85. The molecule has 0 fully saturated rings. The van der Waals surface area contributed by atoms with Gasteiger partial charge in [0, 0.05) is 17.5 Å². The number of carbonyl (C=O) groups is 1. The van der Waals surface area contributed by atoms with Crippen molar-refractivity contribution in [2.24, 2.45) is 0 Å². The molecule has 6 nitrogen and oxygen atoms in total. The van der Waals surface area contributed by atoms with E-state index in [-0.39, 0.29) is 12.4 Å². The minimum atomic E-state index is -0.190. The Labute approximate surface area is 152 Å². The Morgan fingerprint density at radius 1 is 1.19 bits per heavy atom. The third-order valence-electron chi connectivity index (χ3n) is 4.96. The van der Waals surface area contributed by atoms with Crippen LogP contribution in [0.1, 0.15) is 42.4 Å². The molecule has 0 bridgehead atoms. The maximum absolute atomic E-state index is 12.1. The third-order valence-corrected chi connectivity index (χ3v) is 4.96. The summed E-state index contributed by atoms with van der Waals surface area (Å²) in [5, 5.41) is 5.11. The van der Waals surface area contributed by atoms with Gasteiger partial charge in [0.1, 0.15) is 18.2 Å². The number of hydrogen-bond donors (Lipinski definition) is 0. The molecule has 3 aromatic rings. The second-order valence-corrected chi connectivity index (χ2v) is 6.85. The van der Waals surface area contributed by atoms with E-state index in [9.17, 15) is 4.79 Å². The number of fused-ring (bicyclic) bond motifs is 2. The van der Waals surface area contributed by atoms with Crippen molar-refractivity contribution in [1.82, 2.24) is 14.8 Å². The van der Waals surface area contributed by atoms with Crippen LogP contribution in [0, 0.1) is 0 Å². The van der Waals surface area contributed by atoms with E-state index in [0.717, 1.165) is 55.2 Å². The van der Waals surface area contributed by atoms with Crippen LogP contribution in [0.2, 0.25) is 0 Å². The fourth-order valence-electron chi connectivity index (χ4n) is 3.58. The van der Waals surface area contributed by atoms with Crippen LogP contribution in [0.4, 0.5) is 0 Å². The number of benzene rings is 1. The molecule has 0 aliphatic heterocycles. The largest absolute Gasteiger partial charge is 0.465 e. The Bertz CT molecular complexity index is 883. The highest BCUT2D eigenvalue weighted by Gasteiger charge is 2.17. The van der Waals surface area contributed by atoms with Gasteiger partial charge >= 0.3 is 5.97 Å². The fourth-order valence-corrected chi connectivity index (χ4v) is 3.58. The van der Waals surface area contributed by atoms with Crippen molar-refractivity contribution in [3.05, 3.63) is 47.7 Å². The Morgan fingerprint density at radius 2 is 2.08 bits per heavy atom. The number of carbonyl (C=O) groups excluding carboxylic acids is 1. The summed E-state index contributed by atoms with van der Waals surface area (Å²) in [6.45, 7) is 1.31. The van der Waals surface area contributed by atoms with E-state index >= 15 is 0 Å². The fraction of sp³-hybridized carbons (Fsp3) is 0.450. The number of rotatable bonds is 8. The second kappa shape index (κ2) is 7.72. The smallest absolute Gasteiger partial charge is 0.310 e. The molecule has 1 aliphatic carbocycles. The molecule has 2 heterocycles. The molecule has 1 aromatic carbocycles. The predicted octanol–water partition coefficient (Wildman–Crippen LogP) is 3.47. The molecule has 0 radical (unpaired) electrons. The van der Waals surface area contributed by atoms with Gasteiger partial charge in [0.2, 0.25) is 0 Å². The van der Waals surface area contributed by atoms with Crippen molar-refractivity contribution in [3.8, 4) is 0 Å². The van der Waals surface area contributed by atoms with Gasteiger partial charge in [-0.25, -0.2) is 4.98 Å². The highest BCUT2D eigenvalue weighted by atomic mass is 16.5. The molecule has 0 spiro atoms. The van der Waals surface area contributed by atoms with E-state index in [1.807, 2.05) is 4.68 Å². The van der Waals surface area contributed by atoms with Crippen LogP contribution in [0.3, 0.4) is 0 Å². The number of furan rings is 1. The van der Waals surface area contributed by atoms with Gasteiger partial charge in [-0.3, -0.25) is 9.48 Å². The summed E-state index contributed by atoms with van der Waals surface area (Å²) in [5.41, 5.74) is 4.57. The quantitative estimate of drug-likeness (QED) is 0.458. The van der Waals surface area contributed by atoms with E-state index in [4.69, 9.17) is 9.15 Å².